The Morgan fingerprint density at radius 2 is 1.79 bits per heavy atom. The van der Waals surface area contributed by atoms with E-state index in [-0.39, 0.29) is 6.61 Å². The second kappa shape index (κ2) is 7.51. The van der Waals surface area contributed by atoms with Crippen LogP contribution in [0.15, 0.2) is 49.1 Å². The molecule has 0 spiro atoms. The van der Waals surface area contributed by atoms with E-state index < -0.39 is 0 Å². The molecule has 8 heteroatoms. The summed E-state index contributed by atoms with van der Waals surface area (Å²) >= 11 is 0. The number of aromatic amines is 1. The van der Waals surface area contributed by atoms with Gasteiger partial charge in [0.15, 0.2) is 11.5 Å². The number of methoxy groups -OCH3 is 3. The van der Waals surface area contributed by atoms with Gasteiger partial charge in [0.1, 0.15) is 18.2 Å². The zero-order chi connectivity index (χ0) is 19.5. The van der Waals surface area contributed by atoms with Crippen LogP contribution in [0.2, 0.25) is 0 Å². The summed E-state index contributed by atoms with van der Waals surface area (Å²) in [4.78, 5) is 11.9. The van der Waals surface area contributed by atoms with Crippen LogP contribution in [-0.2, 0) is 6.61 Å². The van der Waals surface area contributed by atoms with Crippen molar-refractivity contribution in [3.05, 3.63) is 54.9 Å². The number of fused-ring (bicyclic) bond motifs is 1. The highest BCUT2D eigenvalue weighted by molar-refractivity contribution is 5.77. The molecule has 4 rings (SSSR count). The predicted molar refractivity (Wildman–Crippen MR) is 104 cm³/mol. The molecule has 0 saturated heterocycles. The first-order chi connectivity index (χ1) is 13.7. The van der Waals surface area contributed by atoms with Crippen LogP contribution in [0, 0.1) is 0 Å². The topological polar surface area (TPSA) is 83.4 Å². The highest BCUT2D eigenvalue weighted by Gasteiger charge is 2.14. The Labute approximate surface area is 161 Å². The minimum atomic E-state index is 0.272. The van der Waals surface area contributed by atoms with Crippen LogP contribution >= 0.6 is 0 Å². The van der Waals surface area contributed by atoms with Crippen LogP contribution in [0.5, 0.6) is 23.0 Å². The van der Waals surface area contributed by atoms with Gasteiger partial charge in [-0.3, -0.25) is 0 Å². The van der Waals surface area contributed by atoms with Gasteiger partial charge in [0.25, 0.3) is 0 Å². The van der Waals surface area contributed by atoms with Crippen molar-refractivity contribution >= 4 is 11.0 Å². The Kier molecular flexibility index (Phi) is 4.76. The molecule has 144 valence electrons. The average Bonchev–Trinajstić information content (AvgIpc) is 3.40. The summed E-state index contributed by atoms with van der Waals surface area (Å²) in [6.45, 7) is 0.272. The maximum absolute atomic E-state index is 5.88. The highest BCUT2D eigenvalue weighted by atomic mass is 16.5. The fraction of sp³-hybridized carbons (Fsp3) is 0.200. The lowest BCUT2D eigenvalue weighted by Crippen LogP contribution is -2.00. The largest absolute Gasteiger partial charge is 0.493 e. The molecule has 0 aliphatic rings. The zero-order valence-corrected chi connectivity index (χ0v) is 15.8. The van der Waals surface area contributed by atoms with E-state index >= 15 is 0 Å². The molecule has 0 unspecified atom stereocenters. The molecule has 0 radical (unpaired) electrons. The van der Waals surface area contributed by atoms with Gasteiger partial charge in [-0.2, -0.15) is 0 Å². The lowest BCUT2D eigenvalue weighted by Gasteiger charge is -2.14. The predicted octanol–water partition coefficient (Wildman–Crippen LogP) is 3.35. The molecule has 0 bridgehead atoms. The minimum absolute atomic E-state index is 0.272. The fourth-order valence-corrected chi connectivity index (χ4v) is 2.98. The summed E-state index contributed by atoms with van der Waals surface area (Å²) in [5.41, 5.74) is 2.80. The Balaban J connectivity index is 1.55. The van der Waals surface area contributed by atoms with Gasteiger partial charge in [0.05, 0.1) is 38.7 Å². The SMILES string of the molecule is COc1cc(OCc2nc3ccc(-n4ccnc4)cc3[nH]2)cc(OC)c1OC. The molecule has 0 fully saturated rings. The van der Waals surface area contributed by atoms with E-state index in [9.17, 15) is 0 Å². The number of H-pyrrole nitrogens is 1. The lowest BCUT2D eigenvalue weighted by atomic mass is 10.2. The first-order valence-corrected chi connectivity index (χ1v) is 8.61. The average molecular weight is 380 g/mol. The maximum atomic E-state index is 5.88. The monoisotopic (exact) mass is 380 g/mol. The van der Waals surface area contributed by atoms with Gasteiger partial charge in [-0.05, 0) is 18.2 Å². The molecule has 8 nitrogen and oxygen atoms in total. The quantitative estimate of drug-likeness (QED) is 0.529. The van der Waals surface area contributed by atoms with Crippen molar-refractivity contribution in [2.75, 3.05) is 21.3 Å². The number of aromatic nitrogens is 4. The Hall–Kier alpha value is -3.68. The normalized spacial score (nSPS) is 10.8. The van der Waals surface area contributed by atoms with Crippen LogP contribution in [0.3, 0.4) is 0 Å². The third-order valence-corrected chi connectivity index (χ3v) is 4.33. The van der Waals surface area contributed by atoms with E-state index in [1.54, 1.807) is 46.0 Å². The van der Waals surface area contributed by atoms with E-state index in [4.69, 9.17) is 18.9 Å². The molecule has 1 N–H and O–H groups in total. The summed E-state index contributed by atoms with van der Waals surface area (Å²) in [5.74, 6) is 2.89. The molecule has 28 heavy (non-hydrogen) atoms. The van der Waals surface area contributed by atoms with E-state index in [0.29, 0.717) is 28.8 Å². The van der Waals surface area contributed by atoms with Crippen LogP contribution in [-0.4, -0.2) is 40.8 Å². The molecule has 2 heterocycles. The number of benzene rings is 2. The molecule has 0 amide bonds. The third kappa shape index (κ3) is 3.32. The van der Waals surface area contributed by atoms with E-state index in [1.165, 1.54) is 0 Å². The fourth-order valence-electron chi connectivity index (χ4n) is 2.98. The van der Waals surface area contributed by atoms with Gasteiger partial charge in [0.2, 0.25) is 5.75 Å². The van der Waals surface area contributed by atoms with Gasteiger partial charge in [-0.1, -0.05) is 0 Å². The maximum Gasteiger partial charge on any atom is 0.203 e. The summed E-state index contributed by atoms with van der Waals surface area (Å²) in [6.07, 6.45) is 5.39. The second-order valence-electron chi connectivity index (χ2n) is 6.00. The first-order valence-electron chi connectivity index (χ1n) is 8.61. The number of nitrogens with one attached hydrogen (secondary N) is 1. The van der Waals surface area contributed by atoms with E-state index in [0.717, 1.165) is 16.7 Å². The van der Waals surface area contributed by atoms with Crippen molar-refractivity contribution in [2.24, 2.45) is 0 Å². The van der Waals surface area contributed by atoms with Crippen LogP contribution in [0.4, 0.5) is 0 Å². The molecule has 0 aliphatic carbocycles. The summed E-state index contributed by atoms with van der Waals surface area (Å²) in [6, 6.07) is 9.48. The van der Waals surface area contributed by atoms with Crippen LogP contribution in [0.25, 0.3) is 16.7 Å². The molecule has 2 aromatic carbocycles. The van der Waals surface area contributed by atoms with E-state index in [2.05, 4.69) is 15.0 Å². The summed E-state index contributed by atoms with van der Waals surface area (Å²) in [5, 5.41) is 0. The first kappa shape index (κ1) is 17.7. The van der Waals surface area contributed by atoms with Crippen molar-refractivity contribution < 1.29 is 18.9 Å². The highest BCUT2D eigenvalue weighted by Crippen LogP contribution is 2.40. The van der Waals surface area contributed by atoms with Crippen molar-refractivity contribution in [1.82, 2.24) is 19.5 Å². The van der Waals surface area contributed by atoms with Gasteiger partial charge in [-0.15, -0.1) is 0 Å². The van der Waals surface area contributed by atoms with Gasteiger partial charge in [0, 0.05) is 30.2 Å². The molecular weight excluding hydrogens is 360 g/mol. The smallest absolute Gasteiger partial charge is 0.203 e. The Morgan fingerprint density at radius 3 is 2.43 bits per heavy atom. The van der Waals surface area contributed by atoms with Crippen molar-refractivity contribution in [3.63, 3.8) is 0 Å². The van der Waals surface area contributed by atoms with Gasteiger partial charge >= 0.3 is 0 Å². The van der Waals surface area contributed by atoms with Gasteiger partial charge in [-0.25, -0.2) is 9.97 Å². The summed E-state index contributed by atoms with van der Waals surface area (Å²) < 4.78 is 23.9. The molecule has 0 saturated carbocycles. The number of ether oxygens (including phenoxy) is 4. The van der Waals surface area contributed by atoms with Crippen molar-refractivity contribution in [1.29, 1.82) is 0 Å². The van der Waals surface area contributed by atoms with Crippen LogP contribution < -0.4 is 18.9 Å². The van der Waals surface area contributed by atoms with Crippen molar-refractivity contribution in [2.45, 2.75) is 6.61 Å². The minimum Gasteiger partial charge on any atom is -0.493 e. The molecule has 4 aromatic rings. The number of hydrogen-bond donors (Lipinski definition) is 1. The lowest BCUT2D eigenvalue weighted by molar-refractivity contribution is 0.285. The number of nitrogens with zero attached hydrogens (tertiary/aromatic N) is 3. The third-order valence-electron chi connectivity index (χ3n) is 4.33. The van der Waals surface area contributed by atoms with Crippen LogP contribution in [0.1, 0.15) is 5.82 Å². The summed E-state index contributed by atoms with van der Waals surface area (Å²) in [7, 11) is 4.70. The number of imidazole rings is 2. The molecule has 0 atom stereocenters. The Bertz CT molecular complexity index is 1060. The van der Waals surface area contributed by atoms with E-state index in [1.807, 2.05) is 29.0 Å². The molecular formula is C20H20N4O4. The number of rotatable bonds is 7. The standard InChI is InChI=1S/C20H20N4O4/c1-25-17-9-14(10-18(26-2)20(17)27-3)28-11-19-22-15-5-4-13(8-16(15)23-19)24-7-6-21-12-24/h4-10,12H,11H2,1-3H3,(H,22,23). The number of hydrogen-bond acceptors (Lipinski definition) is 6. The van der Waals surface area contributed by atoms with Crippen molar-refractivity contribution in [3.8, 4) is 28.7 Å². The second-order valence-corrected chi connectivity index (χ2v) is 6.00. The van der Waals surface area contributed by atoms with Gasteiger partial charge < -0.3 is 28.5 Å². The Morgan fingerprint density at radius 1 is 1.00 bits per heavy atom. The molecule has 0 aliphatic heterocycles. The zero-order valence-electron chi connectivity index (χ0n) is 15.8. The molecule has 2 aromatic heterocycles.